The Bertz CT molecular complexity index is 1190. The Balaban J connectivity index is 1.73. The zero-order valence-electron chi connectivity index (χ0n) is 19.1. The highest BCUT2D eigenvalue weighted by Gasteiger charge is 2.43. The lowest BCUT2D eigenvalue weighted by Gasteiger charge is -2.45. The predicted molar refractivity (Wildman–Crippen MR) is 130 cm³/mol. The largest absolute Gasteiger partial charge is 0.496 e. The highest BCUT2D eigenvalue weighted by atomic mass is 16.6. The quantitative estimate of drug-likeness (QED) is 0.376. The number of nitrogens with zero attached hydrogens (tertiary/aromatic N) is 5. The van der Waals surface area contributed by atoms with Crippen LogP contribution in [0.2, 0.25) is 0 Å². The molecule has 0 radical (unpaired) electrons. The number of ether oxygens (including phenoxy) is 1. The van der Waals surface area contributed by atoms with Gasteiger partial charge in [0.1, 0.15) is 11.4 Å². The van der Waals surface area contributed by atoms with Gasteiger partial charge in [-0.15, -0.1) is 0 Å². The average Bonchev–Trinajstić information content (AvgIpc) is 2.82. The first kappa shape index (κ1) is 23.0. The van der Waals surface area contributed by atoms with Gasteiger partial charge in [-0.2, -0.15) is 4.99 Å². The van der Waals surface area contributed by atoms with E-state index in [9.17, 15) is 10.1 Å². The van der Waals surface area contributed by atoms with Crippen molar-refractivity contribution in [1.29, 1.82) is 0 Å². The third-order valence-corrected chi connectivity index (χ3v) is 5.98. The van der Waals surface area contributed by atoms with Crippen LogP contribution in [0.4, 0.5) is 11.4 Å². The van der Waals surface area contributed by atoms with Gasteiger partial charge in [-0.05, 0) is 44.7 Å². The summed E-state index contributed by atoms with van der Waals surface area (Å²) in [7, 11) is 1.57. The molecule has 2 aromatic carbocycles. The minimum absolute atomic E-state index is 0.106. The maximum Gasteiger partial charge on any atom is 0.275 e. The standard InChI is InChI=1S/C23H27N7O4/c1-15(19-8-4-5-9-20(19)33-2)28-34-18-13-16(12-17(14-18)30(31)32)29-22(25)26-21(24)27-23(29)10-6-3-7-11-23/h4-5,8-9,12-14H,3,6-7,10-11H2,1-2H3,(H4,24,25,26,27). The number of non-ortho nitro benzene ring substituents is 1. The normalized spacial score (nSPS) is 17.7. The van der Waals surface area contributed by atoms with Crippen LogP contribution in [-0.4, -0.2) is 35.3 Å². The molecule has 178 valence electrons. The van der Waals surface area contributed by atoms with Crippen LogP contribution < -0.4 is 25.9 Å². The summed E-state index contributed by atoms with van der Waals surface area (Å²) in [6.45, 7) is 1.76. The molecule has 1 saturated carbocycles. The van der Waals surface area contributed by atoms with Gasteiger partial charge >= 0.3 is 0 Å². The fraction of sp³-hybridized carbons (Fsp3) is 0.348. The fourth-order valence-electron chi connectivity index (χ4n) is 4.46. The van der Waals surface area contributed by atoms with Crippen molar-refractivity contribution in [1.82, 2.24) is 0 Å². The molecule has 1 heterocycles. The van der Waals surface area contributed by atoms with E-state index in [1.165, 1.54) is 12.1 Å². The highest BCUT2D eigenvalue weighted by Crippen LogP contribution is 2.41. The number of hydrogen-bond donors (Lipinski definition) is 2. The van der Waals surface area contributed by atoms with Crippen LogP contribution in [0.15, 0.2) is 57.6 Å². The number of hydrogen-bond acceptors (Lipinski definition) is 10. The molecule has 0 saturated heterocycles. The van der Waals surface area contributed by atoms with E-state index in [1.54, 1.807) is 25.0 Å². The topological polar surface area (TPSA) is 154 Å². The summed E-state index contributed by atoms with van der Waals surface area (Å²) in [4.78, 5) is 27.3. The molecule has 1 aliphatic carbocycles. The minimum Gasteiger partial charge on any atom is -0.496 e. The molecule has 0 unspecified atom stereocenters. The van der Waals surface area contributed by atoms with E-state index < -0.39 is 10.6 Å². The second-order valence-electron chi connectivity index (χ2n) is 8.23. The number of nitro benzene ring substituents is 1. The molecule has 1 spiro atoms. The highest BCUT2D eigenvalue weighted by molar-refractivity contribution is 6.06. The van der Waals surface area contributed by atoms with E-state index in [0.29, 0.717) is 30.0 Å². The molecule has 1 aliphatic heterocycles. The first-order chi connectivity index (χ1) is 16.3. The van der Waals surface area contributed by atoms with E-state index in [4.69, 9.17) is 21.0 Å². The van der Waals surface area contributed by atoms with Gasteiger partial charge in [-0.1, -0.05) is 23.7 Å². The number of rotatable bonds is 6. The summed E-state index contributed by atoms with van der Waals surface area (Å²) >= 11 is 0. The first-order valence-corrected chi connectivity index (χ1v) is 11.0. The Morgan fingerprint density at radius 3 is 2.62 bits per heavy atom. The number of aliphatic imine (C=N–C) groups is 2. The molecule has 4 N–H and O–H groups in total. The third-order valence-electron chi connectivity index (χ3n) is 5.98. The Hall–Kier alpha value is -4.15. The lowest BCUT2D eigenvalue weighted by molar-refractivity contribution is -0.384. The Morgan fingerprint density at radius 2 is 1.91 bits per heavy atom. The third kappa shape index (κ3) is 4.49. The SMILES string of the molecule is COc1ccccc1C(C)=NOc1cc(N2C(N)=NC(N)=NC23CCCCC3)cc([N+](=O)[O-])c1. The van der Waals surface area contributed by atoms with Crippen molar-refractivity contribution in [2.45, 2.75) is 44.7 Å². The van der Waals surface area contributed by atoms with Gasteiger partial charge in [0, 0.05) is 17.7 Å². The van der Waals surface area contributed by atoms with Crippen LogP contribution in [-0.2, 0) is 0 Å². The predicted octanol–water partition coefficient (Wildman–Crippen LogP) is 3.52. The van der Waals surface area contributed by atoms with Crippen molar-refractivity contribution in [3.63, 3.8) is 0 Å². The number of anilines is 1. The summed E-state index contributed by atoms with van der Waals surface area (Å²) in [6.07, 6.45) is 4.34. The lowest BCUT2D eigenvalue weighted by Crippen LogP contribution is -2.58. The van der Waals surface area contributed by atoms with Crippen LogP contribution in [0.1, 0.15) is 44.6 Å². The second-order valence-corrected chi connectivity index (χ2v) is 8.23. The Labute approximate surface area is 196 Å². The number of nitro groups is 1. The minimum atomic E-state index is -0.739. The molecule has 4 rings (SSSR count). The number of guanidine groups is 2. The smallest absolute Gasteiger partial charge is 0.275 e. The van der Waals surface area contributed by atoms with Gasteiger partial charge in [0.2, 0.25) is 11.9 Å². The Kier molecular flexibility index (Phi) is 6.35. The van der Waals surface area contributed by atoms with E-state index in [-0.39, 0.29) is 23.4 Å². The molecule has 34 heavy (non-hydrogen) atoms. The summed E-state index contributed by atoms with van der Waals surface area (Å²) in [5.41, 5.74) is 13.0. The maximum absolute atomic E-state index is 11.7. The van der Waals surface area contributed by atoms with Gasteiger partial charge < -0.3 is 21.0 Å². The van der Waals surface area contributed by atoms with Gasteiger partial charge in [-0.25, -0.2) is 4.99 Å². The summed E-state index contributed by atoms with van der Waals surface area (Å²) < 4.78 is 5.37. The molecule has 0 atom stereocenters. The summed E-state index contributed by atoms with van der Waals surface area (Å²) in [5, 5.41) is 15.9. The van der Waals surface area contributed by atoms with Gasteiger partial charge in [0.25, 0.3) is 5.69 Å². The molecular formula is C23H27N7O4. The average molecular weight is 466 g/mol. The molecule has 11 nitrogen and oxygen atoms in total. The van der Waals surface area contributed by atoms with Crippen LogP contribution in [0, 0.1) is 10.1 Å². The summed E-state index contributed by atoms with van der Waals surface area (Å²) in [5.74, 6) is 1.06. The maximum atomic E-state index is 11.7. The van der Waals surface area contributed by atoms with Crippen LogP contribution in [0.25, 0.3) is 0 Å². The van der Waals surface area contributed by atoms with Gasteiger partial charge in [-0.3, -0.25) is 15.0 Å². The van der Waals surface area contributed by atoms with Crippen molar-refractivity contribution >= 4 is 29.0 Å². The zero-order valence-corrected chi connectivity index (χ0v) is 19.1. The van der Waals surface area contributed by atoms with Crippen LogP contribution >= 0.6 is 0 Å². The molecule has 0 bridgehead atoms. The molecular weight excluding hydrogens is 438 g/mol. The van der Waals surface area contributed by atoms with Crippen molar-refractivity contribution in [3.05, 3.63) is 58.1 Å². The molecule has 0 aromatic heterocycles. The van der Waals surface area contributed by atoms with Gasteiger partial charge in [0.05, 0.1) is 29.5 Å². The number of oxime groups is 1. The summed E-state index contributed by atoms with van der Waals surface area (Å²) in [6, 6.07) is 11.8. The molecule has 2 aliphatic rings. The molecule has 2 aromatic rings. The zero-order chi connectivity index (χ0) is 24.3. The number of para-hydroxylation sites is 1. The lowest BCUT2D eigenvalue weighted by atomic mass is 9.87. The van der Waals surface area contributed by atoms with Crippen molar-refractivity contribution in [2.24, 2.45) is 26.6 Å². The van der Waals surface area contributed by atoms with Gasteiger partial charge in [0.15, 0.2) is 5.75 Å². The fourth-order valence-corrected chi connectivity index (χ4v) is 4.46. The van der Waals surface area contributed by atoms with E-state index in [1.807, 2.05) is 24.3 Å². The molecule has 1 fully saturated rings. The first-order valence-electron chi connectivity index (χ1n) is 11.0. The van der Waals surface area contributed by atoms with Crippen LogP contribution in [0.3, 0.4) is 0 Å². The van der Waals surface area contributed by atoms with Crippen molar-refractivity contribution < 1.29 is 14.5 Å². The molecule has 11 heteroatoms. The van der Waals surface area contributed by atoms with Crippen molar-refractivity contribution in [2.75, 3.05) is 12.0 Å². The second kappa shape index (κ2) is 9.38. The van der Waals surface area contributed by atoms with E-state index in [2.05, 4.69) is 15.1 Å². The monoisotopic (exact) mass is 465 g/mol. The van der Waals surface area contributed by atoms with Crippen molar-refractivity contribution in [3.8, 4) is 11.5 Å². The number of benzene rings is 2. The van der Waals surface area contributed by atoms with E-state index in [0.717, 1.165) is 24.8 Å². The number of nitrogens with two attached hydrogens (primary N) is 2. The van der Waals surface area contributed by atoms with Crippen LogP contribution in [0.5, 0.6) is 11.5 Å². The number of methoxy groups -OCH3 is 1. The molecule has 0 amide bonds. The Morgan fingerprint density at radius 1 is 1.18 bits per heavy atom. The van der Waals surface area contributed by atoms with E-state index >= 15 is 0 Å².